The van der Waals surface area contributed by atoms with Crippen LogP contribution in [0.15, 0.2) is 0 Å². The Morgan fingerprint density at radius 2 is 0.636 bits per heavy atom. The summed E-state index contributed by atoms with van der Waals surface area (Å²) >= 11 is 0. The van der Waals surface area contributed by atoms with Gasteiger partial charge in [0.05, 0.1) is 11.1 Å². The van der Waals surface area contributed by atoms with Gasteiger partial charge in [-0.05, 0) is 13.8 Å². The third-order valence-corrected chi connectivity index (χ3v) is 3.22. The van der Waals surface area contributed by atoms with E-state index in [1.54, 1.807) is 0 Å². The molecular formula is C14H6F8. The first kappa shape index (κ1) is 16.3. The van der Waals surface area contributed by atoms with Crippen molar-refractivity contribution < 1.29 is 35.1 Å². The van der Waals surface area contributed by atoms with E-state index in [0.717, 1.165) is 0 Å². The van der Waals surface area contributed by atoms with Crippen molar-refractivity contribution in [3.8, 4) is 11.1 Å². The summed E-state index contributed by atoms with van der Waals surface area (Å²) in [5.41, 5.74) is -5.64. The first-order valence-corrected chi connectivity index (χ1v) is 5.76. The summed E-state index contributed by atoms with van der Waals surface area (Å²) in [6.45, 7) is 1.37. The van der Waals surface area contributed by atoms with Crippen molar-refractivity contribution in [2.75, 3.05) is 0 Å². The van der Waals surface area contributed by atoms with Gasteiger partial charge < -0.3 is 0 Å². The van der Waals surface area contributed by atoms with Gasteiger partial charge in [0, 0.05) is 11.1 Å². The Morgan fingerprint density at radius 1 is 0.364 bits per heavy atom. The number of hydrogen-bond donors (Lipinski definition) is 0. The molecule has 8 heteroatoms. The summed E-state index contributed by atoms with van der Waals surface area (Å²) < 4.78 is 109. The van der Waals surface area contributed by atoms with Crippen molar-refractivity contribution in [2.45, 2.75) is 13.8 Å². The van der Waals surface area contributed by atoms with Crippen LogP contribution in [0.3, 0.4) is 0 Å². The minimum atomic E-state index is -2.29. The van der Waals surface area contributed by atoms with Crippen molar-refractivity contribution in [3.63, 3.8) is 0 Å². The number of benzene rings is 2. The fourth-order valence-corrected chi connectivity index (χ4v) is 1.93. The molecule has 0 spiro atoms. The Bertz CT molecular complexity index is 669. The van der Waals surface area contributed by atoms with Gasteiger partial charge in [0.1, 0.15) is 5.82 Å². The lowest BCUT2D eigenvalue weighted by molar-refractivity contribution is 0.424. The smallest absolute Gasteiger partial charge is 0.195 e. The minimum Gasteiger partial charge on any atom is -0.206 e. The normalized spacial score (nSPS) is 11.2. The van der Waals surface area contributed by atoms with Crippen LogP contribution in [0.2, 0.25) is 0 Å². The maximum absolute atomic E-state index is 13.9. The molecule has 0 nitrogen and oxygen atoms in total. The molecule has 2 aromatic rings. The van der Waals surface area contributed by atoms with E-state index in [1.807, 2.05) is 0 Å². The number of rotatable bonds is 1. The molecule has 118 valence electrons. The quantitative estimate of drug-likeness (QED) is 0.389. The van der Waals surface area contributed by atoms with Crippen molar-refractivity contribution in [1.29, 1.82) is 0 Å². The lowest BCUT2D eigenvalue weighted by Crippen LogP contribution is -2.09. The van der Waals surface area contributed by atoms with Crippen LogP contribution in [-0.2, 0) is 0 Å². The maximum atomic E-state index is 13.9. The molecule has 0 aliphatic heterocycles. The van der Waals surface area contributed by atoms with Crippen LogP contribution in [-0.4, -0.2) is 0 Å². The predicted octanol–water partition coefficient (Wildman–Crippen LogP) is 5.08. The van der Waals surface area contributed by atoms with Crippen LogP contribution in [0, 0.1) is 60.4 Å². The second-order valence-electron chi connectivity index (χ2n) is 4.51. The van der Waals surface area contributed by atoms with E-state index in [-0.39, 0.29) is 0 Å². The summed E-state index contributed by atoms with van der Waals surface area (Å²) in [6.07, 6.45) is 0. The van der Waals surface area contributed by atoms with E-state index in [1.165, 1.54) is 0 Å². The molecule has 0 aliphatic carbocycles. The SMILES string of the molecule is Cc1c(F)c(F)c(-c2c(F)c(C)c(F)c(F)c2F)c(F)c1F. The Kier molecular flexibility index (Phi) is 3.88. The highest BCUT2D eigenvalue weighted by Gasteiger charge is 2.32. The third-order valence-electron chi connectivity index (χ3n) is 3.22. The molecule has 2 rings (SSSR count). The largest absolute Gasteiger partial charge is 0.206 e. The predicted molar refractivity (Wildman–Crippen MR) is 61.0 cm³/mol. The lowest BCUT2D eigenvalue weighted by Gasteiger charge is -2.13. The van der Waals surface area contributed by atoms with Gasteiger partial charge in [-0.1, -0.05) is 0 Å². The summed E-state index contributed by atoms with van der Waals surface area (Å²) in [6, 6.07) is 0. The van der Waals surface area contributed by atoms with Crippen LogP contribution in [0.5, 0.6) is 0 Å². The van der Waals surface area contributed by atoms with E-state index >= 15 is 0 Å². The summed E-state index contributed by atoms with van der Waals surface area (Å²) in [5, 5.41) is 0. The topological polar surface area (TPSA) is 0 Å². The molecule has 0 aliphatic rings. The Hall–Kier alpha value is -2.12. The summed E-state index contributed by atoms with van der Waals surface area (Å²) in [4.78, 5) is 0. The van der Waals surface area contributed by atoms with Gasteiger partial charge in [-0.15, -0.1) is 0 Å². The zero-order valence-electron chi connectivity index (χ0n) is 11.0. The van der Waals surface area contributed by atoms with Gasteiger partial charge in [-0.3, -0.25) is 0 Å². The minimum absolute atomic E-state index is 0.674. The highest BCUT2D eigenvalue weighted by Crippen LogP contribution is 2.37. The first-order chi connectivity index (χ1) is 10.1. The van der Waals surface area contributed by atoms with Gasteiger partial charge in [-0.2, -0.15) is 0 Å². The molecular weight excluding hydrogens is 320 g/mol. The van der Waals surface area contributed by atoms with E-state index in [0.29, 0.717) is 13.8 Å². The van der Waals surface area contributed by atoms with Crippen molar-refractivity contribution in [2.24, 2.45) is 0 Å². The van der Waals surface area contributed by atoms with E-state index in [9.17, 15) is 35.1 Å². The van der Waals surface area contributed by atoms with Crippen molar-refractivity contribution in [1.82, 2.24) is 0 Å². The maximum Gasteiger partial charge on any atom is 0.195 e. The van der Waals surface area contributed by atoms with Gasteiger partial charge in [0.15, 0.2) is 40.7 Å². The Morgan fingerprint density at radius 3 is 1.09 bits per heavy atom. The number of halogens is 8. The highest BCUT2D eigenvalue weighted by molar-refractivity contribution is 5.68. The average molecular weight is 326 g/mol. The zero-order chi connectivity index (χ0) is 16.9. The fraction of sp³-hybridized carbons (Fsp3) is 0.143. The molecule has 0 N–H and O–H groups in total. The molecule has 2 aromatic carbocycles. The van der Waals surface area contributed by atoms with Crippen molar-refractivity contribution >= 4 is 0 Å². The summed E-state index contributed by atoms with van der Waals surface area (Å²) in [5.74, 6) is -16.3. The molecule has 0 fully saturated rings. The van der Waals surface area contributed by atoms with Crippen LogP contribution in [0.25, 0.3) is 11.1 Å². The van der Waals surface area contributed by atoms with Gasteiger partial charge in [0.25, 0.3) is 0 Å². The van der Waals surface area contributed by atoms with Crippen LogP contribution in [0.4, 0.5) is 35.1 Å². The average Bonchev–Trinajstić information content (AvgIpc) is 2.50. The zero-order valence-corrected chi connectivity index (χ0v) is 11.0. The van der Waals surface area contributed by atoms with E-state index in [4.69, 9.17) is 0 Å². The molecule has 0 saturated heterocycles. The van der Waals surface area contributed by atoms with Crippen LogP contribution in [0.1, 0.15) is 11.1 Å². The second kappa shape index (κ2) is 5.26. The molecule has 0 atom stereocenters. The molecule has 22 heavy (non-hydrogen) atoms. The number of hydrogen-bond acceptors (Lipinski definition) is 0. The molecule has 0 amide bonds. The van der Waals surface area contributed by atoms with Gasteiger partial charge in [-0.25, -0.2) is 35.1 Å². The molecule has 0 bridgehead atoms. The highest BCUT2D eigenvalue weighted by atomic mass is 19.2. The monoisotopic (exact) mass is 326 g/mol. The van der Waals surface area contributed by atoms with Crippen molar-refractivity contribution in [3.05, 3.63) is 57.7 Å². The summed E-state index contributed by atoms with van der Waals surface area (Å²) in [7, 11) is 0. The van der Waals surface area contributed by atoms with Crippen LogP contribution >= 0.6 is 0 Å². The van der Waals surface area contributed by atoms with Crippen LogP contribution < -0.4 is 0 Å². The molecule has 0 saturated carbocycles. The van der Waals surface area contributed by atoms with Gasteiger partial charge >= 0.3 is 0 Å². The molecule has 0 radical (unpaired) electrons. The van der Waals surface area contributed by atoms with E-state index < -0.39 is 68.8 Å². The third kappa shape index (κ3) is 2.05. The lowest BCUT2D eigenvalue weighted by atomic mass is 9.98. The first-order valence-electron chi connectivity index (χ1n) is 5.76. The van der Waals surface area contributed by atoms with Gasteiger partial charge in [0.2, 0.25) is 0 Å². The Balaban J connectivity index is 3.03. The molecule has 0 heterocycles. The Labute approximate surface area is 119 Å². The molecule has 0 aromatic heterocycles. The fourth-order valence-electron chi connectivity index (χ4n) is 1.93. The van der Waals surface area contributed by atoms with E-state index in [2.05, 4.69) is 0 Å². The standard InChI is InChI=1S/C14H6F8/c1-3-7(15)5(13(21)14(22)10(3)18)6-11(19)8(16)4(2)9(17)12(6)20/h1-2H3. The molecule has 0 unspecified atom stereocenters. The second-order valence-corrected chi connectivity index (χ2v) is 4.51.